The van der Waals surface area contributed by atoms with Crippen molar-refractivity contribution in [2.24, 2.45) is 0 Å². The highest BCUT2D eigenvalue weighted by Gasteiger charge is 2.19. The Balaban J connectivity index is 1.56. The van der Waals surface area contributed by atoms with Crippen molar-refractivity contribution >= 4 is 38.3 Å². The van der Waals surface area contributed by atoms with Crippen LogP contribution in [0.1, 0.15) is 18.1 Å². The van der Waals surface area contributed by atoms with Crippen LogP contribution in [0.5, 0.6) is 11.5 Å². The molecule has 3 rings (SSSR count). The van der Waals surface area contributed by atoms with E-state index >= 15 is 0 Å². The van der Waals surface area contributed by atoms with E-state index in [0.29, 0.717) is 24.5 Å². The van der Waals surface area contributed by atoms with Crippen molar-refractivity contribution in [3.63, 3.8) is 0 Å². The molecular weight excluding hydrogens is 476 g/mol. The maximum Gasteiger partial charge on any atom is 0.268 e. The molecule has 11 heteroatoms. The van der Waals surface area contributed by atoms with Crippen LogP contribution in [0.3, 0.4) is 0 Å². The molecule has 0 radical (unpaired) electrons. The molecule has 0 saturated carbocycles. The van der Waals surface area contributed by atoms with Gasteiger partial charge < -0.3 is 9.47 Å². The maximum atomic E-state index is 12.4. The normalized spacial score (nSPS) is 11.5. The molecule has 0 aliphatic rings. The number of ether oxygens (including phenoxy) is 2. The van der Waals surface area contributed by atoms with E-state index in [1.54, 1.807) is 24.3 Å². The first kappa shape index (κ1) is 24.9. The molecule has 1 aromatic heterocycles. The van der Waals surface area contributed by atoms with Gasteiger partial charge in [0, 0.05) is 0 Å². The van der Waals surface area contributed by atoms with Crippen LogP contribution in [0.25, 0.3) is 6.08 Å². The number of rotatable bonds is 10. The topological polar surface area (TPSA) is 131 Å². The van der Waals surface area contributed by atoms with Gasteiger partial charge in [-0.15, -0.1) is 10.2 Å². The Morgan fingerprint density at radius 3 is 2.50 bits per heavy atom. The second-order valence-corrected chi connectivity index (χ2v) is 10.4. The first-order chi connectivity index (χ1) is 16.3. The molecule has 1 amide bonds. The Kier molecular flexibility index (Phi) is 8.34. The number of benzene rings is 2. The Morgan fingerprint density at radius 2 is 1.82 bits per heavy atom. The van der Waals surface area contributed by atoms with Crippen LogP contribution in [-0.4, -0.2) is 43.5 Å². The Morgan fingerprint density at radius 1 is 1.12 bits per heavy atom. The summed E-state index contributed by atoms with van der Waals surface area (Å²) in [6, 6.07) is 16.4. The van der Waals surface area contributed by atoms with Gasteiger partial charge in [-0.2, -0.15) is 5.26 Å². The third-order valence-electron chi connectivity index (χ3n) is 4.53. The minimum atomic E-state index is -3.52. The summed E-state index contributed by atoms with van der Waals surface area (Å²) in [7, 11) is -3.52. The number of nitrogens with one attached hydrogen (secondary N) is 1. The minimum absolute atomic E-state index is 0.00478. The van der Waals surface area contributed by atoms with Gasteiger partial charge in [0.25, 0.3) is 5.91 Å². The molecular formula is C23H22N4O5S2. The molecule has 3 aromatic rings. The van der Waals surface area contributed by atoms with Gasteiger partial charge in [0.1, 0.15) is 36.4 Å². The second-order valence-electron chi connectivity index (χ2n) is 6.93. The molecule has 1 N–H and O–H groups in total. The van der Waals surface area contributed by atoms with Crippen LogP contribution in [-0.2, 0) is 14.6 Å². The summed E-state index contributed by atoms with van der Waals surface area (Å²) in [6.07, 6.45) is 1.41. The predicted octanol–water partition coefficient (Wildman–Crippen LogP) is 3.64. The smallest absolute Gasteiger partial charge is 0.268 e. The van der Waals surface area contributed by atoms with Gasteiger partial charge in [-0.05, 0) is 42.3 Å². The number of carbonyl (C=O) groups is 1. The van der Waals surface area contributed by atoms with E-state index in [2.05, 4.69) is 15.5 Å². The van der Waals surface area contributed by atoms with Gasteiger partial charge in [-0.1, -0.05) is 48.6 Å². The number of para-hydroxylation sites is 1. The van der Waals surface area contributed by atoms with Crippen molar-refractivity contribution in [1.29, 1.82) is 5.26 Å². The van der Waals surface area contributed by atoms with Crippen LogP contribution in [0.2, 0.25) is 0 Å². The molecule has 0 spiro atoms. The van der Waals surface area contributed by atoms with E-state index in [-0.39, 0.29) is 20.8 Å². The monoisotopic (exact) mass is 498 g/mol. The fourth-order valence-electron chi connectivity index (χ4n) is 2.68. The van der Waals surface area contributed by atoms with Crippen molar-refractivity contribution in [2.45, 2.75) is 18.2 Å². The maximum absolute atomic E-state index is 12.4. The minimum Gasteiger partial charge on any atom is -0.490 e. The number of carbonyl (C=O) groups excluding carboxylic acids is 1. The van der Waals surface area contributed by atoms with E-state index in [1.807, 2.05) is 37.3 Å². The summed E-state index contributed by atoms with van der Waals surface area (Å²) in [5, 5.41) is 19.0. The van der Waals surface area contributed by atoms with Crippen molar-refractivity contribution < 1.29 is 22.7 Å². The molecule has 0 aliphatic heterocycles. The lowest BCUT2D eigenvalue weighted by Crippen LogP contribution is -2.13. The molecule has 0 aliphatic carbocycles. The van der Waals surface area contributed by atoms with Crippen LogP contribution < -0.4 is 14.8 Å². The van der Waals surface area contributed by atoms with Gasteiger partial charge >= 0.3 is 0 Å². The molecule has 0 saturated heterocycles. The lowest BCUT2D eigenvalue weighted by atomic mass is 10.1. The predicted molar refractivity (Wildman–Crippen MR) is 128 cm³/mol. The van der Waals surface area contributed by atoms with Crippen LogP contribution in [0, 0.1) is 18.3 Å². The SMILES string of the molecule is CCS(=O)(=O)c1nnc(NC(=O)/C(C#N)=C\c2ccc(OCCOc3ccccc3C)cc2)s1. The molecule has 0 bridgehead atoms. The number of nitrogens with zero attached hydrogens (tertiary/aromatic N) is 3. The zero-order chi connectivity index (χ0) is 24.6. The van der Waals surface area contributed by atoms with E-state index < -0.39 is 15.7 Å². The van der Waals surface area contributed by atoms with Crippen LogP contribution in [0.4, 0.5) is 5.13 Å². The highest BCUT2D eigenvalue weighted by molar-refractivity contribution is 7.93. The molecule has 0 fully saturated rings. The summed E-state index contributed by atoms with van der Waals surface area (Å²) in [5.74, 6) is 0.587. The van der Waals surface area contributed by atoms with Gasteiger partial charge in [0.05, 0.1) is 5.75 Å². The van der Waals surface area contributed by atoms with Gasteiger partial charge in [0.15, 0.2) is 0 Å². The third kappa shape index (κ3) is 6.63. The Labute approximate surface area is 201 Å². The fraction of sp³-hybridized carbons (Fsp3) is 0.217. The molecule has 9 nitrogen and oxygen atoms in total. The highest BCUT2D eigenvalue weighted by Crippen LogP contribution is 2.22. The Hall–Kier alpha value is -3.75. The first-order valence-electron chi connectivity index (χ1n) is 10.2. The van der Waals surface area contributed by atoms with Crippen molar-refractivity contribution in [3.8, 4) is 17.6 Å². The number of aromatic nitrogens is 2. The number of hydrogen-bond donors (Lipinski definition) is 1. The summed E-state index contributed by atoms with van der Waals surface area (Å²) in [5.41, 5.74) is 1.49. The van der Waals surface area contributed by atoms with E-state index in [4.69, 9.17) is 9.47 Å². The quantitative estimate of drug-likeness (QED) is 0.194. The second kappa shape index (κ2) is 11.4. The van der Waals surface area contributed by atoms with Crippen molar-refractivity contribution in [2.75, 3.05) is 24.3 Å². The van der Waals surface area contributed by atoms with Gasteiger partial charge in [-0.3, -0.25) is 10.1 Å². The molecule has 176 valence electrons. The highest BCUT2D eigenvalue weighted by atomic mass is 32.2. The lowest BCUT2D eigenvalue weighted by Gasteiger charge is -2.10. The molecule has 1 heterocycles. The number of nitriles is 1. The summed E-state index contributed by atoms with van der Waals surface area (Å²) in [6.45, 7) is 4.20. The Bertz CT molecular complexity index is 1330. The molecule has 0 atom stereocenters. The molecule has 34 heavy (non-hydrogen) atoms. The largest absolute Gasteiger partial charge is 0.490 e. The summed E-state index contributed by atoms with van der Waals surface area (Å²) >= 11 is 0.732. The summed E-state index contributed by atoms with van der Waals surface area (Å²) in [4.78, 5) is 12.4. The van der Waals surface area contributed by atoms with E-state index in [1.165, 1.54) is 13.0 Å². The van der Waals surface area contributed by atoms with E-state index in [0.717, 1.165) is 22.6 Å². The number of anilines is 1. The number of hydrogen-bond acceptors (Lipinski definition) is 9. The number of amides is 1. The van der Waals surface area contributed by atoms with Crippen LogP contribution in [0.15, 0.2) is 58.4 Å². The lowest BCUT2D eigenvalue weighted by molar-refractivity contribution is -0.112. The third-order valence-corrected chi connectivity index (χ3v) is 7.55. The first-order valence-corrected chi connectivity index (χ1v) is 12.7. The molecule has 2 aromatic carbocycles. The number of sulfone groups is 1. The zero-order valence-electron chi connectivity index (χ0n) is 18.5. The summed E-state index contributed by atoms with van der Waals surface area (Å²) < 4.78 is 34.8. The van der Waals surface area contributed by atoms with Gasteiger partial charge in [0.2, 0.25) is 19.3 Å². The van der Waals surface area contributed by atoms with Crippen molar-refractivity contribution in [3.05, 3.63) is 65.2 Å². The number of aryl methyl sites for hydroxylation is 1. The zero-order valence-corrected chi connectivity index (χ0v) is 20.1. The average molecular weight is 499 g/mol. The standard InChI is InChI=1S/C23H22N4O5S2/c1-3-34(29,30)23-27-26-22(33-23)25-21(28)18(15-24)14-17-8-10-19(11-9-17)31-12-13-32-20-7-5-4-6-16(20)2/h4-11,14H,3,12-13H2,1-2H3,(H,25,26,28)/b18-14-. The molecule has 0 unspecified atom stereocenters. The van der Waals surface area contributed by atoms with E-state index in [9.17, 15) is 18.5 Å². The average Bonchev–Trinajstić information content (AvgIpc) is 3.31. The fourth-order valence-corrected chi connectivity index (χ4v) is 4.66. The van der Waals surface area contributed by atoms with Crippen molar-refractivity contribution in [1.82, 2.24) is 10.2 Å². The van der Waals surface area contributed by atoms with Crippen LogP contribution >= 0.6 is 11.3 Å². The van der Waals surface area contributed by atoms with Gasteiger partial charge in [-0.25, -0.2) is 8.42 Å².